The van der Waals surface area contributed by atoms with Crippen LogP contribution in [0.3, 0.4) is 0 Å². The Morgan fingerprint density at radius 2 is 1.52 bits per heavy atom. The Hall–Kier alpha value is -3.90. The first-order valence-electron chi connectivity index (χ1n) is 13.8. The Labute approximate surface area is 274 Å². The van der Waals surface area contributed by atoms with Crippen molar-refractivity contribution < 1.29 is 56.7 Å². The summed E-state index contributed by atoms with van der Waals surface area (Å²) in [6.45, 7) is 0. The number of carbonyl (C=O) groups is 1. The fourth-order valence-corrected chi connectivity index (χ4v) is 8.63. The van der Waals surface area contributed by atoms with E-state index < -0.39 is 98.5 Å². The van der Waals surface area contributed by atoms with Gasteiger partial charge in [-0.2, -0.15) is 43.9 Å². The summed E-state index contributed by atoms with van der Waals surface area (Å²) in [5, 5.41) is 14.7. The molecule has 0 saturated heterocycles. The molecule has 0 aliphatic heterocycles. The summed E-state index contributed by atoms with van der Waals surface area (Å²) in [7, 11) is -18.9. The lowest BCUT2D eigenvalue weighted by Crippen LogP contribution is -2.44. The number of Topliss-reactive ketones (excluding diaryl/α,β-unsaturated/α-hetero) is 1. The van der Waals surface area contributed by atoms with Crippen molar-refractivity contribution >= 4 is 57.7 Å². The molecule has 1 aromatic rings. The number of nitrogens with zero attached hydrogens (tertiary/aromatic N) is 2. The third-order valence-corrected chi connectivity index (χ3v) is 12.2. The molecule has 7 N–H and O–H groups in total. The summed E-state index contributed by atoms with van der Waals surface area (Å²) in [6, 6.07) is 4.10. The Kier molecular flexibility index (Phi) is 9.24. The number of ketones is 1. The quantitative estimate of drug-likeness (QED) is 0.108. The van der Waals surface area contributed by atoms with E-state index in [0.29, 0.717) is 0 Å². The number of rotatable bonds is 9. The molecule has 4 atom stereocenters. The van der Waals surface area contributed by atoms with Crippen LogP contribution in [-0.2, 0) is 45.3 Å². The van der Waals surface area contributed by atoms with E-state index in [9.17, 15) is 52.1 Å². The molecule has 0 spiro atoms. The van der Waals surface area contributed by atoms with E-state index in [1.165, 1.54) is 24.3 Å². The van der Waals surface area contributed by atoms with E-state index in [-0.39, 0.29) is 45.2 Å². The van der Waals surface area contributed by atoms with Crippen LogP contribution in [0.4, 0.5) is 5.69 Å². The Bertz CT molecular complexity index is 2240. The summed E-state index contributed by atoms with van der Waals surface area (Å²) in [5.74, 6) is -2.64. The zero-order valence-corrected chi connectivity index (χ0v) is 27.5. The summed E-state index contributed by atoms with van der Waals surface area (Å²) in [5.41, 5.74) is 4.30. The number of nitrogens with one attached hydrogen (secondary N) is 3. The number of carbonyl (C=O) groups excluding carboxylic acids is 1. The van der Waals surface area contributed by atoms with Crippen LogP contribution in [0.25, 0.3) is 0 Å². The van der Waals surface area contributed by atoms with E-state index in [1.54, 1.807) is 6.08 Å². The smallest absolute Gasteiger partial charge is 0.294 e. The highest BCUT2D eigenvalue weighted by atomic mass is 32.2. The first-order chi connectivity index (χ1) is 22.1. The molecule has 0 amide bonds. The SMILES string of the molecule is N=C1C=C2C(=O)C(NNC3=C4C=C(S(=O)(=O)O)CCC4C(N=Nc4ccc(S(=O)(=O)O)cc4)C=C3)=C(S(=O)(=O)O)CC2CC1S(=O)(=O)O. The Morgan fingerprint density at radius 1 is 0.854 bits per heavy atom. The number of hydrogen-bond acceptors (Lipinski definition) is 14. The van der Waals surface area contributed by atoms with Gasteiger partial charge in [-0.3, -0.25) is 28.4 Å². The third kappa shape index (κ3) is 7.39. The minimum absolute atomic E-state index is 0.0841. The first-order valence-corrected chi connectivity index (χ1v) is 19.6. The number of benzene rings is 1. The third-order valence-electron chi connectivity index (χ3n) is 8.16. The average Bonchev–Trinajstić information content (AvgIpc) is 2.97. The highest BCUT2D eigenvalue weighted by Crippen LogP contribution is 2.41. The van der Waals surface area contributed by atoms with E-state index >= 15 is 0 Å². The number of azo groups is 1. The molecule has 18 nitrogen and oxygen atoms in total. The number of allylic oxidation sites excluding steroid dienone is 6. The Balaban J connectivity index is 1.47. The molecule has 0 fully saturated rings. The van der Waals surface area contributed by atoms with Crippen LogP contribution < -0.4 is 10.9 Å². The molecule has 4 unspecified atom stereocenters. The highest BCUT2D eigenvalue weighted by Gasteiger charge is 2.44. The minimum Gasteiger partial charge on any atom is -0.304 e. The average molecular weight is 746 g/mol. The van der Waals surface area contributed by atoms with E-state index in [0.717, 1.165) is 18.2 Å². The second-order valence-corrected chi connectivity index (χ2v) is 17.1. The molecule has 4 aliphatic rings. The summed E-state index contributed by atoms with van der Waals surface area (Å²) >= 11 is 0. The zero-order chi connectivity index (χ0) is 35.4. The van der Waals surface area contributed by atoms with Crippen molar-refractivity contribution in [2.24, 2.45) is 22.1 Å². The van der Waals surface area contributed by atoms with Crippen LogP contribution in [0.5, 0.6) is 0 Å². The van der Waals surface area contributed by atoms with Gasteiger partial charge in [0, 0.05) is 11.5 Å². The van der Waals surface area contributed by atoms with Gasteiger partial charge in [0.25, 0.3) is 40.5 Å². The van der Waals surface area contributed by atoms with Crippen molar-refractivity contribution in [2.45, 2.75) is 41.9 Å². The van der Waals surface area contributed by atoms with Gasteiger partial charge < -0.3 is 10.8 Å². The van der Waals surface area contributed by atoms with Gasteiger partial charge in [0.15, 0.2) is 0 Å². The van der Waals surface area contributed by atoms with Crippen molar-refractivity contribution in [1.82, 2.24) is 10.9 Å². The normalized spacial score (nSPS) is 25.4. The van der Waals surface area contributed by atoms with Crippen LogP contribution in [0.2, 0.25) is 0 Å². The van der Waals surface area contributed by atoms with Gasteiger partial charge in [-0.15, -0.1) is 0 Å². The molecular weight excluding hydrogens is 719 g/mol. The van der Waals surface area contributed by atoms with E-state index in [2.05, 4.69) is 21.1 Å². The maximum Gasteiger partial charge on any atom is 0.294 e. The van der Waals surface area contributed by atoms with Gasteiger partial charge in [0.05, 0.1) is 32.9 Å². The molecule has 22 heteroatoms. The molecular formula is C26H27N5O13S4. The lowest BCUT2D eigenvalue weighted by molar-refractivity contribution is -0.113. The van der Waals surface area contributed by atoms with E-state index in [1.807, 2.05) is 0 Å². The number of fused-ring (bicyclic) bond motifs is 2. The molecule has 0 bridgehead atoms. The summed E-state index contributed by atoms with van der Waals surface area (Å²) < 4.78 is 133. The monoisotopic (exact) mass is 745 g/mol. The Morgan fingerprint density at radius 3 is 2.10 bits per heavy atom. The van der Waals surface area contributed by atoms with Gasteiger partial charge in [-0.1, -0.05) is 6.08 Å². The van der Waals surface area contributed by atoms with Crippen molar-refractivity contribution in [3.63, 3.8) is 0 Å². The topological polar surface area (TPSA) is 307 Å². The predicted molar refractivity (Wildman–Crippen MR) is 167 cm³/mol. The number of hydrazine groups is 1. The van der Waals surface area contributed by atoms with Crippen LogP contribution in [0.15, 0.2) is 96.0 Å². The van der Waals surface area contributed by atoms with Crippen LogP contribution >= 0.6 is 0 Å². The van der Waals surface area contributed by atoms with Crippen molar-refractivity contribution in [3.8, 4) is 0 Å². The van der Waals surface area contributed by atoms with Crippen molar-refractivity contribution in [1.29, 1.82) is 5.41 Å². The molecule has 0 saturated carbocycles. The van der Waals surface area contributed by atoms with Crippen LogP contribution in [-0.4, -0.2) is 74.7 Å². The van der Waals surface area contributed by atoms with Gasteiger partial charge in [0.2, 0.25) is 5.78 Å². The van der Waals surface area contributed by atoms with Crippen LogP contribution in [0.1, 0.15) is 25.7 Å². The fraction of sp³-hybridized carbons (Fsp3) is 0.308. The highest BCUT2D eigenvalue weighted by molar-refractivity contribution is 7.90. The molecule has 0 heterocycles. The second kappa shape index (κ2) is 12.5. The molecule has 5 rings (SSSR count). The van der Waals surface area contributed by atoms with E-state index in [4.69, 9.17) is 9.96 Å². The van der Waals surface area contributed by atoms with Crippen molar-refractivity contribution in [3.05, 3.63) is 80.9 Å². The molecule has 4 aliphatic carbocycles. The van der Waals surface area contributed by atoms with Gasteiger partial charge in [-0.25, -0.2) is 0 Å². The molecule has 1 aromatic carbocycles. The first kappa shape index (κ1) is 35.4. The fourth-order valence-electron chi connectivity index (χ4n) is 5.82. The summed E-state index contributed by atoms with van der Waals surface area (Å²) in [6.07, 6.45) is 4.07. The lowest BCUT2D eigenvalue weighted by atomic mass is 9.78. The molecule has 0 aromatic heterocycles. The van der Waals surface area contributed by atoms with Gasteiger partial charge in [-0.05, 0) is 79.7 Å². The second-order valence-electron chi connectivity index (χ2n) is 11.2. The van der Waals surface area contributed by atoms with Crippen LogP contribution in [0, 0.1) is 17.2 Å². The minimum atomic E-state index is -5.05. The number of hydrogen-bond donors (Lipinski definition) is 7. The molecule has 48 heavy (non-hydrogen) atoms. The molecule has 258 valence electrons. The maximum atomic E-state index is 13.5. The van der Waals surface area contributed by atoms with Crippen molar-refractivity contribution in [2.75, 3.05) is 0 Å². The van der Waals surface area contributed by atoms with Gasteiger partial charge >= 0.3 is 0 Å². The zero-order valence-electron chi connectivity index (χ0n) is 24.2. The lowest BCUT2D eigenvalue weighted by Gasteiger charge is -2.34. The predicted octanol–water partition coefficient (Wildman–Crippen LogP) is 1.78. The van der Waals surface area contributed by atoms with Gasteiger partial charge in [0.1, 0.15) is 15.9 Å². The largest absolute Gasteiger partial charge is 0.304 e. The standard InChI is InChI=1S/C26H27N5O13S4/c27-20-12-18-13(9-23(20)47(39,40)41)10-24(48(42,43)44)25(26(18)32)31-30-22-8-7-21(17-6-5-16(11-19(17)22)46(36,37)38)29-28-14-1-3-15(4-2-14)45(33,34)35/h1-4,7-8,11-13,17,21,23,27,30-31H,5-6,9-10H2,(H,33,34,35)(H,36,37,38)(H,39,40,41)(H,42,43,44). The molecule has 0 radical (unpaired) electrons. The summed E-state index contributed by atoms with van der Waals surface area (Å²) in [4.78, 5) is 12.0. The maximum absolute atomic E-state index is 13.5.